The highest BCUT2D eigenvalue weighted by Crippen LogP contribution is 2.27. The number of carbonyl (C=O) groups is 1. The lowest BCUT2D eigenvalue weighted by Crippen LogP contribution is -2.14. The largest absolute Gasteiger partial charge is 0.477 e. The van der Waals surface area contributed by atoms with Crippen molar-refractivity contribution >= 4 is 49.1 Å². The van der Waals surface area contributed by atoms with Crippen LogP contribution in [0.3, 0.4) is 0 Å². The lowest BCUT2D eigenvalue weighted by Gasteiger charge is -2.08. The van der Waals surface area contributed by atoms with E-state index in [9.17, 15) is 13.2 Å². The summed E-state index contributed by atoms with van der Waals surface area (Å²) >= 11 is 4.20. The maximum Gasteiger partial charge on any atom is 0.345 e. The second-order valence-electron chi connectivity index (χ2n) is 4.26. The van der Waals surface area contributed by atoms with Gasteiger partial charge < -0.3 is 5.11 Å². The van der Waals surface area contributed by atoms with Crippen molar-refractivity contribution in [3.05, 3.63) is 38.1 Å². The number of aromatic nitrogens is 1. The highest BCUT2D eigenvalue weighted by Gasteiger charge is 2.22. The van der Waals surface area contributed by atoms with E-state index >= 15 is 0 Å². The lowest BCUT2D eigenvalue weighted by molar-refractivity contribution is 0.0702. The first kappa shape index (κ1) is 15.9. The molecule has 2 N–H and O–H groups in total. The Morgan fingerprint density at radius 1 is 1.38 bits per heavy atom. The predicted molar refractivity (Wildman–Crippen MR) is 83.5 cm³/mol. The summed E-state index contributed by atoms with van der Waals surface area (Å²) in [6.07, 6.45) is 1.50. The van der Waals surface area contributed by atoms with Gasteiger partial charge in [0, 0.05) is 15.5 Å². The van der Waals surface area contributed by atoms with Crippen molar-refractivity contribution in [3.8, 4) is 0 Å². The molecular weight excluding hydrogens is 380 g/mol. The quantitative estimate of drug-likeness (QED) is 0.835. The van der Waals surface area contributed by atoms with Crippen LogP contribution in [0.4, 0.5) is 5.82 Å². The van der Waals surface area contributed by atoms with Gasteiger partial charge in [0.2, 0.25) is 0 Å². The van der Waals surface area contributed by atoms with Crippen LogP contribution in [-0.2, 0) is 10.0 Å². The van der Waals surface area contributed by atoms with E-state index in [0.29, 0.717) is 4.88 Å². The van der Waals surface area contributed by atoms with Crippen LogP contribution in [0.1, 0.15) is 20.1 Å². The third-order valence-corrected chi connectivity index (χ3v) is 6.14. The number of aryl methyl sites for hydroxylation is 2. The van der Waals surface area contributed by atoms with Crippen molar-refractivity contribution < 1.29 is 18.3 Å². The number of nitrogens with one attached hydrogen (secondary N) is 1. The van der Waals surface area contributed by atoms with Gasteiger partial charge in [-0.15, -0.1) is 11.3 Å². The molecule has 0 spiro atoms. The van der Waals surface area contributed by atoms with E-state index in [1.54, 1.807) is 13.0 Å². The van der Waals surface area contributed by atoms with Crippen LogP contribution in [0.15, 0.2) is 27.7 Å². The van der Waals surface area contributed by atoms with Crippen molar-refractivity contribution in [1.29, 1.82) is 0 Å². The van der Waals surface area contributed by atoms with Crippen LogP contribution in [-0.4, -0.2) is 24.5 Å². The molecule has 0 aliphatic rings. The van der Waals surface area contributed by atoms with Crippen molar-refractivity contribution in [1.82, 2.24) is 4.98 Å². The molecule has 2 aromatic heterocycles. The zero-order chi connectivity index (χ0) is 15.8. The summed E-state index contributed by atoms with van der Waals surface area (Å²) in [5.74, 6) is -0.972. The molecule has 0 fully saturated rings. The second kappa shape index (κ2) is 5.74. The molecule has 0 aromatic carbocycles. The Morgan fingerprint density at radius 3 is 2.57 bits per heavy atom. The van der Waals surface area contributed by atoms with Gasteiger partial charge in [-0.3, -0.25) is 4.72 Å². The zero-order valence-corrected chi connectivity index (χ0v) is 14.3. The minimum Gasteiger partial charge on any atom is -0.477 e. The SMILES string of the molecule is Cc1cc(NS(=O)(=O)c2cc(C(=O)O)sc2C)ncc1Br. The number of carboxylic acids is 1. The molecule has 0 saturated carbocycles. The lowest BCUT2D eigenvalue weighted by atomic mass is 10.3. The Hall–Kier alpha value is -1.45. The fourth-order valence-electron chi connectivity index (χ4n) is 1.63. The van der Waals surface area contributed by atoms with Crippen molar-refractivity contribution in [2.24, 2.45) is 0 Å². The number of sulfonamides is 1. The van der Waals surface area contributed by atoms with E-state index in [0.717, 1.165) is 27.4 Å². The summed E-state index contributed by atoms with van der Waals surface area (Å²) in [7, 11) is -3.87. The fourth-order valence-corrected chi connectivity index (χ4v) is 4.27. The first-order valence-electron chi connectivity index (χ1n) is 5.69. The summed E-state index contributed by atoms with van der Waals surface area (Å²) in [6, 6.07) is 2.73. The van der Waals surface area contributed by atoms with Gasteiger partial charge in [-0.2, -0.15) is 0 Å². The third-order valence-electron chi connectivity index (χ3n) is 2.66. The van der Waals surface area contributed by atoms with E-state index in [4.69, 9.17) is 5.11 Å². The highest BCUT2D eigenvalue weighted by molar-refractivity contribution is 9.10. The van der Waals surface area contributed by atoms with Crippen molar-refractivity contribution in [3.63, 3.8) is 0 Å². The van der Waals surface area contributed by atoms with Gasteiger partial charge in [-0.1, -0.05) is 0 Å². The number of hydrogen-bond acceptors (Lipinski definition) is 5. The minimum atomic E-state index is -3.87. The van der Waals surface area contributed by atoms with Gasteiger partial charge in [-0.05, 0) is 47.5 Å². The molecule has 6 nitrogen and oxygen atoms in total. The van der Waals surface area contributed by atoms with Gasteiger partial charge in [-0.25, -0.2) is 18.2 Å². The molecule has 21 heavy (non-hydrogen) atoms. The Kier molecular flexibility index (Phi) is 4.35. The number of halogens is 1. The normalized spacial score (nSPS) is 11.4. The number of hydrogen-bond donors (Lipinski definition) is 2. The van der Waals surface area contributed by atoms with Crippen LogP contribution in [0.25, 0.3) is 0 Å². The molecule has 2 rings (SSSR count). The van der Waals surface area contributed by atoms with Crippen LogP contribution < -0.4 is 4.72 Å². The molecule has 112 valence electrons. The smallest absolute Gasteiger partial charge is 0.345 e. The Morgan fingerprint density at radius 2 is 2.05 bits per heavy atom. The van der Waals surface area contributed by atoms with E-state index in [1.165, 1.54) is 6.20 Å². The molecule has 2 heterocycles. The first-order chi connectivity index (χ1) is 9.70. The molecule has 2 aromatic rings. The summed E-state index contributed by atoms with van der Waals surface area (Å²) < 4.78 is 27.7. The molecule has 0 atom stereocenters. The van der Waals surface area contributed by atoms with Gasteiger partial charge >= 0.3 is 5.97 Å². The van der Waals surface area contributed by atoms with E-state index in [-0.39, 0.29) is 15.6 Å². The van der Waals surface area contributed by atoms with Crippen molar-refractivity contribution in [2.45, 2.75) is 18.7 Å². The molecule has 9 heteroatoms. The summed E-state index contributed by atoms with van der Waals surface area (Å²) in [5.41, 5.74) is 0.830. The number of aromatic carboxylic acids is 1. The topological polar surface area (TPSA) is 96.4 Å². The number of anilines is 1. The zero-order valence-electron chi connectivity index (χ0n) is 11.0. The Bertz CT molecular complexity index is 815. The second-order valence-corrected chi connectivity index (χ2v) is 8.02. The van der Waals surface area contributed by atoms with Gasteiger partial charge in [0.15, 0.2) is 0 Å². The van der Waals surface area contributed by atoms with Gasteiger partial charge in [0.05, 0.1) is 0 Å². The highest BCUT2D eigenvalue weighted by atomic mass is 79.9. The molecule has 0 radical (unpaired) electrons. The number of pyridine rings is 1. The summed E-state index contributed by atoms with van der Waals surface area (Å²) in [6.45, 7) is 3.37. The van der Waals surface area contributed by atoms with Gasteiger partial charge in [0.25, 0.3) is 10.0 Å². The Labute approximate surface area is 134 Å². The van der Waals surface area contributed by atoms with E-state index in [2.05, 4.69) is 25.6 Å². The number of thiophene rings is 1. The number of rotatable bonds is 4. The summed E-state index contributed by atoms with van der Waals surface area (Å²) in [5, 5.41) is 8.92. The molecule has 0 unspecified atom stereocenters. The van der Waals surface area contributed by atoms with E-state index in [1.807, 2.05) is 6.92 Å². The molecule has 0 saturated heterocycles. The summed E-state index contributed by atoms with van der Waals surface area (Å²) in [4.78, 5) is 15.2. The van der Waals surface area contributed by atoms with Crippen molar-refractivity contribution in [2.75, 3.05) is 4.72 Å². The number of carboxylic acid groups (broad SMARTS) is 1. The average Bonchev–Trinajstić information content (AvgIpc) is 2.77. The van der Waals surface area contributed by atoms with Crippen LogP contribution in [0, 0.1) is 13.8 Å². The number of nitrogens with zero attached hydrogens (tertiary/aromatic N) is 1. The molecule has 0 aliphatic carbocycles. The average molecular weight is 391 g/mol. The predicted octanol–water partition coefficient (Wildman–Crippen LogP) is 3.02. The monoisotopic (exact) mass is 390 g/mol. The van der Waals surface area contributed by atoms with Crippen LogP contribution in [0.5, 0.6) is 0 Å². The molecular formula is C12H11BrN2O4S2. The molecule has 0 bridgehead atoms. The molecule has 0 aliphatic heterocycles. The first-order valence-corrected chi connectivity index (χ1v) is 8.78. The Balaban J connectivity index is 2.38. The van der Waals surface area contributed by atoms with Gasteiger partial charge in [0.1, 0.15) is 15.6 Å². The minimum absolute atomic E-state index is 0.0205. The standard InChI is InChI=1S/C12H11BrN2O4S2/c1-6-3-11(14-5-8(6)13)15-21(18,19)10-4-9(12(16)17)20-7(10)2/h3-5H,1-2H3,(H,14,15)(H,16,17). The third kappa shape index (κ3) is 3.42. The maximum absolute atomic E-state index is 12.3. The van der Waals surface area contributed by atoms with E-state index < -0.39 is 16.0 Å². The molecule has 0 amide bonds. The van der Waals surface area contributed by atoms with Crippen LogP contribution in [0.2, 0.25) is 0 Å². The maximum atomic E-state index is 12.3. The van der Waals surface area contributed by atoms with Crippen LogP contribution >= 0.6 is 27.3 Å². The fraction of sp³-hybridized carbons (Fsp3) is 0.167.